The Labute approximate surface area is 126 Å². The highest BCUT2D eigenvalue weighted by Crippen LogP contribution is 2.42. The van der Waals surface area contributed by atoms with Crippen LogP contribution in [0.5, 0.6) is 0 Å². The van der Waals surface area contributed by atoms with E-state index in [1.54, 1.807) is 17.4 Å². The molecular weight excluding hydrogens is 346 g/mol. The van der Waals surface area contributed by atoms with Crippen LogP contribution in [-0.4, -0.2) is 16.1 Å². The summed E-state index contributed by atoms with van der Waals surface area (Å²) in [7, 11) is 0. The number of carbonyl (C=O) groups excluding carboxylic acids is 1. The Balaban J connectivity index is 1.59. The van der Waals surface area contributed by atoms with Crippen molar-refractivity contribution >= 4 is 55.7 Å². The quantitative estimate of drug-likeness (QED) is 0.846. The van der Waals surface area contributed by atoms with E-state index in [1.807, 2.05) is 12.1 Å². The van der Waals surface area contributed by atoms with Crippen LogP contribution in [0.3, 0.4) is 0 Å². The fourth-order valence-electron chi connectivity index (χ4n) is 1.50. The summed E-state index contributed by atoms with van der Waals surface area (Å²) in [6.07, 6.45) is 5.68. The van der Waals surface area contributed by atoms with Crippen molar-refractivity contribution in [1.82, 2.24) is 10.2 Å². The van der Waals surface area contributed by atoms with Crippen LogP contribution in [0.1, 0.15) is 28.6 Å². The molecule has 1 N–H and O–H groups in total. The summed E-state index contributed by atoms with van der Waals surface area (Å²) in [6, 6.07) is 3.91. The molecule has 0 saturated heterocycles. The lowest BCUT2D eigenvalue weighted by molar-refractivity contribution is -0.111. The summed E-state index contributed by atoms with van der Waals surface area (Å²) >= 11 is 6.42. The van der Waals surface area contributed by atoms with Crippen LogP contribution in [0.15, 0.2) is 22.0 Å². The zero-order chi connectivity index (χ0) is 13.2. The SMILES string of the molecule is O=C(/C=C/c1ccc(Br)s1)Nc1nnc(C2CC2)s1. The fourth-order valence-corrected chi connectivity index (χ4v) is 3.74. The molecule has 1 fully saturated rings. The number of thiophene rings is 1. The first-order chi connectivity index (χ1) is 9.20. The molecule has 1 aliphatic rings. The molecule has 7 heteroatoms. The molecule has 2 heterocycles. The summed E-state index contributed by atoms with van der Waals surface area (Å²) in [5.41, 5.74) is 0. The molecule has 3 rings (SSSR count). The highest BCUT2D eigenvalue weighted by atomic mass is 79.9. The molecule has 1 aliphatic carbocycles. The van der Waals surface area contributed by atoms with Gasteiger partial charge < -0.3 is 0 Å². The topological polar surface area (TPSA) is 54.9 Å². The van der Waals surface area contributed by atoms with Crippen LogP contribution >= 0.6 is 38.6 Å². The second-order valence-electron chi connectivity index (χ2n) is 4.18. The Morgan fingerprint density at radius 1 is 1.37 bits per heavy atom. The summed E-state index contributed by atoms with van der Waals surface area (Å²) < 4.78 is 1.05. The number of halogens is 1. The number of anilines is 1. The molecule has 2 aromatic heterocycles. The molecule has 19 heavy (non-hydrogen) atoms. The van der Waals surface area contributed by atoms with Crippen molar-refractivity contribution in [1.29, 1.82) is 0 Å². The van der Waals surface area contributed by atoms with Crippen LogP contribution in [0.25, 0.3) is 6.08 Å². The summed E-state index contributed by atoms with van der Waals surface area (Å²) in [5, 5.41) is 12.4. The normalized spacial score (nSPS) is 15.0. The fraction of sp³-hybridized carbons (Fsp3) is 0.250. The van der Waals surface area contributed by atoms with Gasteiger partial charge in [-0.1, -0.05) is 11.3 Å². The summed E-state index contributed by atoms with van der Waals surface area (Å²) in [6.45, 7) is 0. The zero-order valence-corrected chi connectivity index (χ0v) is 13.0. The van der Waals surface area contributed by atoms with Crippen molar-refractivity contribution in [2.45, 2.75) is 18.8 Å². The van der Waals surface area contributed by atoms with E-state index in [9.17, 15) is 4.79 Å². The third kappa shape index (κ3) is 3.49. The number of hydrogen-bond acceptors (Lipinski definition) is 5. The number of hydrogen-bond donors (Lipinski definition) is 1. The van der Waals surface area contributed by atoms with Crippen LogP contribution in [0, 0.1) is 0 Å². The van der Waals surface area contributed by atoms with E-state index in [4.69, 9.17) is 0 Å². The summed E-state index contributed by atoms with van der Waals surface area (Å²) in [4.78, 5) is 12.7. The van der Waals surface area contributed by atoms with E-state index in [1.165, 1.54) is 30.3 Å². The number of rotatable bonds is 4. The van der Waals surface area contributed by atoms with Crippen LogP contribution in [-0.2, 0) is 4.79 Å². The maximum absolute atomic E-state index is 11.7. The van der Waals surface area contributed by atoms with Crippen molar-refractivity contribution in [3.63, 3.8) is 0 Å². The molecule has 0 aliphatic heterocycles. The van der Waals surface area contributed by atoms with E-state index in [-0.39, 0.29) is 5.91 Å². The second-order valence-corrected chi connectivity index (χ2v) is 7.69. The van der Waals surface area contributed by atoms with Gasteiger partial charge in [-0.2, -0.15) is 0 Å². The van der Waals surface area contributed by atoms with Gasteiger partial charge in [-0.25, -0.2) is 0 Å². The van der Waals surface area contributed by atoms with Crippen molar-refractivity contribution in [3.8, 4) is 0 Å². The average molecular weight is 356 g/mol. The van der Waals surface area contributed by atoms with Gasteiger partial charge in [0.05, 0.1) is 3.79 Å². The molecule has 0 aromatic carbocycles. The zero-order valence-electron chi connectivity index (χ0n) is 9.80. The number of nitrogens with zero attached hydrogens (tertiary/aromatic N) is 2. The van der Waals surface area contributed by atoms with Crippen LogP contribution in [0.2, 0.25) is 0 Å². The first-order valence-electron chi connectivity index (χ1n) is 5.78. The molecular formula is C12H10BrN3OS2. The van der Waals surface area contributed by atoms with E-state index in [2.05, 4.69) is 31.4 Å². The molecule has 0 unspecified atom stereocenters. The van der Waals surface area contributed by atoms with E-state index < -0.39 is 0 Å². The highest BCUT2D eigenvalue weighted by molar-refractivity contribution is 9.11. The van der Waals surface area contributed by atoms with Gasteiger partial charge in [0.2, 0.25) is 11.0 Å². The lowest BCUT2D eigenvalue weighted by Gasteiger charge is -1.93. The largest absolute Gasteiger partial charge is 0.297 e. The monoisotopic (exact) mass is 355 g/mol. The first kappa shape index (κ1) is 13.0. The van der Waals surface area contributed by atoms with Crippen molar-refractivity contribution in [2.75, 3.05) is 5.32 Å². The Bertz CT molecular complexity index is 630. The van der Waals surface area contributed by atoms with Crippen molar-refractivity contribution < 1.29 is 4.79 Å². The van der Waals surface area contributed by atoms with Crippen LogP contribution < -0.4 is 5.32 Å². The minimum Gasteiger partial charge on any atom is -0.297 e. The molecule has 0 radical (unpaired) electrons. The Hall–Kier alpha value is -1.05. The lowest BCUT2D eigenvalue weighted by Crippen LogP contribution is -2.07. The second kappa shape index (κ2) is 5.52. The van der Waals surface area contributed by atoms with Gasteiger partial charge in [-0.15, -0.1) is 21.5 Å². The first-order valence-corrected chi connectivity index (χ1v) is 8.21. The summed E-state index contributed by atoms with van der Waals surface area (Å²) in [5.74, 6) is 0.394. The van der Waals surface area contributed by atoms with Gasteiger partial charge >= 0.3 is 0 Å². The maximum Gasteiger partial charge on any atom is 0.250 e. The third-order valence-electron chi connectivity index (χ3n) is 2.59. The predicted octanol–water partition coefficient (Wildman–Crippen LogP) is 3.89. The van der Waals surface area contributed by atoms with E-state index in [0.717, 1.165) is 13.7 Å². The van der Waals surface area contributed by atoms with Gasteiger partial charge in [-0.3, -0.25) is 10.1 Å². The number of aromatic nitrogens is 2. The standard InChI is InChI=1S/C12H10BrN3OS2/c13-9-5-3-8(18-9)4-6-10(17)14-12-16-15-11(19-12)7-1-2-7/h3-7H,1-2H2,(H,14,16,17)/b6-4+. The van der Waals surface area contributed by atoms with Gasteiger partial charge in [0, 0.05) is 16.9 Å². The van der Waals surface area contributed by atoms with Crippen molar-refractivity contribution in [3.05, 3.63) is 31.9 Å². The molecule has 0 atom stereocenters. The molecule has 2 aromatic rings. The minimum atomic E-state index is -0.178. The van der Waals surface area contributed by atoms with Gasteiger partial charge in [-0.05, 0) is 47.0 Å². The molecule has 0 spiro atoms. The Kier molecular flexibility index (Phi) is 3.76. The molecule has 4 nitrogen and oxygen atoms in total. The molecule has 98 valence electrons. The van der Waals surface area contributed by atoms with Gasteiger partial charge in [0.25, 0.3) is 0 Å². The smallest absolute Gasteiger partial charge is 0.250 e. The third-order valence-corrected chi connectivity index (χ3v) is 5.18. The average Bonchev–Trinajstić information content (AvgIpc) is 3.00. The maximum atomic E-state index is 11.7. The number of carbonyl (C=O) groups is 1. The highest BCUT2D eigenvalue weighted by Gasteiger charge is 2.27. The van der Waals surface area contributed by atoms with Gasteiger partial charge in [0.15, 0.2) is 0 Å². The molecule has 1 saturated carbocycles. The van der Waals surface area contributed by atoms with E-state index >= 15 is 0 Å². The van der Waals surface area contributed by atoms with Gasteiger partial charge in [0.1, 0.15) is 5.01 Å². The van der Waals surface area contributed by atoms with Crippen molar-refractivity contribution in [2.24, 2.45) is 0 Å². The molecule has 1 amide bonds. The Morgan fingerprint density at radius 2 is 2.21 bits per heavy atom. The predicted molar refractivity (Wildman–Crippen MR) is 81.6 cm³/mol. The minimum absolute atomic E-state index is 0.178. The lowest BCUT2D eigenvalue weighted by atomic mass is 10.4. The molecule has 0 bridgehead atoms. The van der Waals surface area contributed by atoms with Crippen LogP contribution in [0.4, 0.5) is 5.13 Å². The van der Waals surface area contributed by atoms with E-state index in [0.29, 0.717) is 11.0 Å². The number of amides is 1. The number of nitrogens with one attached hydrogen (secondary N) is 1. The Morgan fingerprint density at radius 3 is 2.89 bits per heavy atom.